The Morgan fingerprint density at radius 1 is 0.608 bits per heavy atom. The highest BCUT2D eigenvalue weighted by Crippen LogP contribution is 2.13. The van der Waals surface area contributed by atoms with E-state index in [4.69, 9.17) is 14.2 Å². The van der Waals surface area contributed by atoms with Gasteiger partial charge in [-0.05, 0) is 64.2 Å². The molecule has 0 spiro atoms. The summed E-state index contributed by atoms with van der Waals surface area (Å²) < 4.78 is 17.1. The molecule has 0 aromatic carbocycles. The van der Waals surface area contributed by atoms with Crippen molar-refractivity contribution in [3.8, 4) is 0 Å². The fraction of sp³-hybridized carbons (Fsp3) is 0.744. The molecule has 0 fully saturated rings. The number of carbonyl (C=O) groups excluding carboxylic acids is 3. The van der Waals surface area contributed by atoms with E-state index < -0.39 is 18.1 Å². The van der Waals surface area contributed by atoms with Gasteiger partial charge in [-0.2, -0.15) is 0 Å². The van der Waals surface area contributed by atoms with Crippen LogP contribution >= 0.6 is 0 Å². The lowest BCUT2D eigenvalue weighted by atomic mass is 10.1. The molecular weight excluding hydrogens is 642 g/mol. The van der Waals surface area contributed by atoms with E-state index in [-0.39, 0.29) is 42.7 Å². The summed E-state index contributed by atoms with van der Waals surface area (Å²) in [6, 6.07) is -0.728. The molecule has 0 saturated carbocycles. The fourth-order valence-corrected chi connectivity index (χ4v) is 5.56. The maximum absolute atomic E-state index is 12.7. The standard InChI is InChI=1S/C43H75NO7/c1-6-8-10-12-14-16-18-19-20-21-22-23-24-26-28-30-32-34-42(46)51-39(37-49-36-35-40(43(47)48)44(3,4)5)38-50-41(45)33-31-29-27-25-17-15-13-11-9-7-2/h8,10-11,13-14,16,19-20,39-40H,6-7,9,12,15,17-18,21-38H2,1-5H3/b10-8-,13-11-,16-14-,20-19-. The molecule has 2 unspecified atom stereocenters. The quantitative estimate of drug-likeness (QED) is 0.0279. The summed E-state index contributed by atoms with van der Waals surface area (Å²) in [5, 5.41) is 11.6. The van der Waals surface area contributed by atoms with Gasteiger partial charge >= 0.3 is 11.9 Å². The molecule has 8 heteroatoms. The van der Waals surface area contributed by atoms with Crippen molar-refractivity contribution in [1.29, 1.82) is 0 Å². The van der Waals surface area contributed by atoms with Crippen molar-refractivity contribution in [1.82, 2.24) is 0 Å². The lowest BCUT2D eigenvalue weighted by Gasteiger charge is -2.34. The van der Waals surface area contributed by atoms with Crippen LogP contribution in [0.15, 0.2) is 48.6 Å². The number of hydrogen-bond donors (Lipinski definition) is 0. The van der Waals surface area contributed by atoms with E-state index in [0.717, 1.165) is 89.9 Å². The first-order valence-corrected chi connectivity index (χ1v) is 20.2. The molecule has 0 amide bonds. The topological polar surface area (TPSA) is 102 Å². The number of carboxylic acids is 1. The second kappa shape index (κ2) is 34.4. The van der Waals surface area contributed by atoms with Crippen molar-refractivity contribution in [2.45, 2.75) is 167 Å². The lowest BCUT2D eigenvalue weighted by Crippen LogP contribution is -2.55. The van der Waals surface area contributed by atoms with E-state index in [1.54, 1.807) is 21.1 Å². The number of likely N-dealkylation sites (N-methyl/N-ethyl adjacent to an activating group) is 1. The predicted octanol–water partition coefficient (Wildman–Crippen LogP) is 9.13. The number of carboxylic acid groups (broad SMARTS) is 1. The number of esters is 2. The summed E-state index contributed by atoms with van der Waals surface area (Å²) in [4.78, 5) is 36.7. The summed E-state index contributed by atoms with van der Waals surface area (Å²) in [5.41, 5.74) is 0. The number of allylic oxidation sites excluding steroid dienone is 8. The summed E-state index contributed by atoms with van der Waals surface area (Å²) >= 11 is 0. The minimum absolute atomic E-state index is 0.0329. The molecule has 8 nitrogen and oxygen atoms in total. The van der Waals surface area contributed by atoms with Gasteiger partial charge in [0.2, 0.25) is 0 Å². The van der Waals surface area contributed by atoms with Gasteiger partial charge in [0.25, 0.3) is 0 Å². The minimum atomic E-state index is -1.13. The summed E-state index contributed by atoms with van der Waals surface area (Å²) in [6.07, 6.45) is 38.5. The number of aliphatic carboxylic acids is 1. The third-order valence-corrected chi connectivity index (χ3v) is 8.68. The van der Waals surface area contributed by atoms with Crippen molar-refractivity contribution in [2.75, 3.05) is 41.0 Å². The molecule has 0 N–H and O–H groups in total. The van der Waals surface area contributed by atoms with Crippen LogP contribution in [-0.4, -0.2) is 75.5 Å². The zero-order valence-corrected chi connectivity index (χ0v) is 33.3. The average molecular weight is 718 g/mol. The largest absolute Gasteiger partial charge is 0.544 e. The van der Waals surface area contributed by atoms with Gasteiger partial charge in [-0.1, -0.05) is 120 Å². The first-order valence-electron chi connectivity index (χ1n) is 20.2. The van der Waals surface area contributed by atoms with E-state index in [1.807, 2.05) is 0 Å². The van der Waals surface area contributed by atoms with Crippen molar-refractivity contribution in [2.24, 2.45) is 0 Å². The average Bonchev–Trinajstić information content (AvgIpc) is 3.08. The van der Waals surface area contributed by atoms with Gasteiger partial charge in [-0.25, -0.2) is 0 Å². The van der Waals surface area contributed by atoms with Crippen LogP contribution in [0.25, 0.3) is 0 Å². The van der Waals surface area contributed by atoms with Crippen LogP contribution in [0.1, 0.15) is 155 Å². The van der Waals surface area contributed by atoms with Crippen LogP contribution in [0.5, 0.6) is 0 Å². The van der Waals surface area contributed by atoms with Gasteiger partial charge < -0.3 is 28.6 Å². The Labute approximate surface area is 312 Å². The van der Waals surface area contributed by atoms with Gasteiger partial charge in [0.1, 0.15) is 12.6 Å². The fourth-order valence-electron chi connectivity index (χ4n) is 5.56. The smallest absolute Gasteiger partial charge is 0.306 e. The van der Waals surface area contributed by atoms with E-state index in [2.05, 4.69) is 62.5 Å². The summed E-state index contributed by atoms with van der Waals surface area (Å²) in [7, 11) is 5.39. The SMILES string of the molecule is CC/C=C\C/C=C\C/C=C\CCCCCCCCCC(=O)OC(COCCC(C(=O)[O-])[N+](C)(C)C)COC(=O)CCCCCCC/C=C\CCC. The second-order valence-electron chi connectivity index (χ2n) is 14.5. The zero-order valence-electron chi connectivity index (χ0n) is 33.3. The highest BCUT2D eigenvalue weighted by molar-refractivity contribution is 5.70. The molecule has 0 aromatic heterocycles. The number of quaternary nitrogens is 1. The van der Waals surface area contributed by atoms with Crippen LogP contribution in [0.3, 0.4) is 0 Å². The summed E-state index contributed by atoms with van der Waals surface area (Å²) in [6.45, 7) is 4.45. The van der Waals surface area contributed by atoms with Crippen LogP contribution < -0.4 is 5.11 Å². The Kier molecular flexibility index (Phi) is 32.6. The summed E-state index contributed by atoms with van der Waals surface area (Å²) in [5.74, 6) is -1.77. The molecule has 0 bridgehead atoms. The van der Waals surface area contributed by atoms with Gasteiger partial charge in [0, 0.05) is 19.3 Å². The number of ether oxygens (including phenoxy) is 3. The van der Waals surface area contributed by atoms with Crippen molar-refractivity contribution in [3.05, 3.63) is 48.6 Å². The van der Waals surface area contributed by atoms with E-state index in [1.165, 1.54) is 32.1 Å². The Morgan fingerprint density at radius 3 is 1.65 bits per heavy atom. The van der Waals surface area contributed by atoms with Crippen LogP contribution in [0, 0.1) is 0 Å². The molecular formula is C43H75NO7. The maximum Gasteiger partial charge on any atom is 0.306 e. The first-order chi connectivity index (χ1) is 24.6. The third-order valence-electron chi connectivity index (χ3n) is 8.68. The van der Waals surface area contributed by atoms with Crippen LogP contribution in [0.2, 0.25) is 0 Å². The molecule has 0 aromatic rings. The second-order valence-corrected chi connectivity index (χ2v) is 14.5. The normalized spacial score (nSPS) is 13.5. The van der Waals surface area contributed by atoms with Crippen molar-refractivity contribution < 1.29 is 38.2 Å². The molecule has 51 heavy (non-hydrogen) atoms. The maximum atomic E-state index is 12.7. The van der Waals surface area contributed by atoms with Gasteiger partial charge in [-0.3, -0.25) is 9.59 Å². The molecule has 2 atom stereocenters. The monoisotopic (exact) mass is 718 g/mol. The van der Waals surface area contributed by atoms with Crippen molar-refractivity contribution in [3.63, 3.8) is 0 Å². The molecule has 294 valence electrons. The molecule has 0 aliphatic rings. The Balaban J connectivity index is 4.39. The Morgan fingerprint density at radius 2 is 1.10 bits per heavy atom. The molecule has 0 heterocycles. The Bertz CT molecular complexity index is 979. The van der Waals surface area contributed by atoms with Gasteiger partial charge in [0.05, 0.1) is 40.3 Å². The first kappa shape index (κ1) is 48.3. The number of carbonyl (C=O) groups is 3. The van der Waals surface area contributed by atoms with Crippen LogP contribution in [-0.2, 0) is 28.6 Å². The molecule has 0 saturated heterocycles. The zero-order chi connectivity index (χ0) is 37.8. The lowest BCUT2D eigenvalue weighted by molar-refractivity contribution is -0.889. The minimum Gasteiger partial charge on any atom is -0.544 e. The van der Waals surface area contributed by atoms with E-state index >= 15 is 0 Å². The predicted molar refractivity (Wildman–Crippen MR) is 208 cm³/mol. The highest BCUT2D eigenvalue weighted by atomic mass is 16.6. The van der Waals surface area contributed by atoms with Gasteiger partial charge in [0.15, 0.2) is 6.10 Å². The highest BCUT2D eigenvalue weighted by Gasteiger charge is 2.25. The van der Waals surface area contributed by atoms with Gasteiger partial charge in [-0.15, -0.1) is 0 Å². The number of hydrogen-bond acceptors (Lipinski definition) is 7. The molecule has 0 aliphatic carbocycles. The Hall–Kier alpha value is -2.71. The molecule has 0 rings (SSSR count). The van der Waals surface area contributed by atoms with E-state index in [0.29, 0.717) is 12.8 Å². The van der Waals surface area contributed by atoms with E-state index in [9.17, 15) is 19.5 Å². The molecule has 0 aliphatic heterocycles. The number of nitrogens with zero attached hydrogens (tertiary/aromatic N) is 1. The third kappa shape index (κ3) is 32.9. The van der Waals surface area contributed by atoms with Crippen LogP contribution in [0.4, 0.5) is 0 Å². The van der Waals surface area contributed by atoms with Crippen molar-refractivity contribution >= 4 is 17.9 Å². The number of unbranched alkanes of at least 4 members (excludes halogenated alkanes) is 13. The molecule has 0 radical (unpaired) electrons. The number of rotatable bonds is 35.